The van der Waals surface area contributed by atoms with Crippen molar-refractivity contribution in [2.75, 3.05) is 37.8 Å². The summed E-state index contributed by atoms with van der Waals surface area (Å²) in [4.78, 5) is 15.9. The highest BCUT2D eigenvalue weighted by Gasteiger charge is 2.45. The number of amides is 1. The number of ether oxygens (including phenoxy) is 3. The molecule has 7 nitrogen and oxygen atoms in total. The van der Waals surface area contributed by atoms with Gasteiger partial charge in [-0.05, 0) is 105 Å². The van der Waals surface area contributed by atoms with E-state index in [2.05, 4.69) is 27.6 Å². The zero-order chi connectivity index (χ0) is 29.1. The quantitative estimate of drug-likeness (QED) is 0.414. The number of hydrogen-bond donors (Lipinski definition) is 1. The van der Waals surface area contributed by atoms with E-state index in [0.29, 0.717) is 30.6 Å². The third-order valence-corrected chi connectivity index (χ3v) is 12.7. The molecular weight excluding hydrogens is 572 g/mol. The van der Waals surface area contributed by atoms with Crippen molar-refractivity contribution in [3.05, 3.63) is 58.1 Å². The summed E-state index contributed by atoms with van der Waals surface area (Å²) in [6.07, 6.45) is 7.33. The van der Waals surface area contributed by atoms with Gasteiger partial charge in [0.25, 0.3) is 5.91 Å². The molecule has 1 saturated heterocycles. The Labute approximate surface area is 254 Å². The van der Waals surface area contributed by atoms with Crippen molar-refractivity contribution < 1.29 is 23.2 Å². The molecule has 7 atom stereocenters. The zero-order valence-corrected chi connectivity index (χ0v) is 25.9. The van der Waals surface area contributed by atoms with Gasteiger partial charge in [0.05, 0.1) is 46.1 Å². The normalized spacial score (nSPS) is 36.5. The number of benzene rings is 2. The Bertz CT molecular complexity index is 1480. The van der Waals surface area contributed by atoms with E-state index in [4.69, 9.17) is 25.8 Å². The van der Waals surface area contributed by atoms with Crippen molar-refractivity contribution in [2.45, 2.75) is 74.7 Å². The van der Waals surface area contributed by atoms with Crippen molar-refractivity contribution >= 4 is 38.8 Å². The lowest BCUT2D eigenvalue weighted by atomic mass is 9.67. The molecular formula is C33H41ClN2O5S. The number of nitrogens with one attached hydrogen (secondary N) is 1. The van der Waals surface area contributed by atoms with Crippen LogP contribution >= 0.6 is 11.6 Å². The molecule has 2 aliphatic carbocycles. The Kier molecular flexibility index (Phi) is 7.48. The Hall–Kier alpha value is -2.26. The van der Waals surface area contributed by atoms with Crippen molar-refractivity contribution in [3.8, 4) is 5.75 Å². The number of carbonyl (C=O) groups excluding carboxylic acids is 1. The van der Waals surface area contributed by atoms with Gasteiger partial charge >= 0.3 is 0 Å². The summed E-state index contributed by atoms with van der Waals surface area (Å²) in [5.74, 6) is 5.26. The number of hydrogen-bond acceptors (Lipinski definition) is 6. The second kappa shape index (κ2) is 11.0. The largest absolute Gasteiger partial charge is 0.490 e. The van der Waals surface area contributed by atoms with Gasteiger partial charge in [-0.15, -0.1) is 0 Å². The summed E-state index contributed by atoms with van der Waals surface area (Å²) < 4.78 is 35.5. The molecule has 0 aromatic heterocycles. The van der Waals surface area contributed by atoms with Gasteiger partial charge in [0, 0.05) is 42.1 Å². The SMILES string of the molecule is C=S1(=O)NC(=O)c2ccc3c(c2)N(C[C@@H]2CC[C@H]2[C@H]2C[C@@H](CCO2)OC[C@H]1C)C[C@@]1(CCCc2cc(Cl)ccc21)CO3. The monoisotopic (exact) mass is 612 g/mol. The molecule has 9 heteroatoms. The predicted octanol–water partition coefficient (Wildman–Crippen LogP) is 5.17. The van der Waals surface area contributed by atoms with Gasteiger partial charge in [-0.2, -0.15) is 0 Å². The average Bonchev–Trinajstić information content (AvgIpc) is 3.10. The lowest BCUT2D eigenvalue weighted by Crippen LogP contribution is -2.51. The fraction of sp³-hybridized carbons (Fsp3) is 0.576. The van der Waals surface area contributed by atoms with E-state index < -0.39 is 15.0 Å². The van der Waals surface area contributed by atoms with Gasteiger partial charge in [0.15, 0.2) is 0 Å². The maximum absolute atomic E-state index is 13.5. The van der Waals surface area contributed by atoms with Crippen LogP contribution in [-0.2, 0) is 31.0 Å². The highest BCUT2D eigenvalue weighted by Crippen LogP contribution is 2.47. The third kappa shape index (κ3) is 5.23. The summed E-state index contributed by atoms with van der Waals surface area (Å²) in [6, 6.07) is 11.9. The van der Waals surface area contributed by atoms with Gasteiger partial charge in [-0.25, -0.2) is 4.21 Å². The van der Waals surface area contributed by atoms with Crippen molar-refractivity contribution in [1.82, 2.24) is 4.72 Å². The van der Waals surface area contributed by atoms with Gasteiger partial charge < -0.3 is 19.1 Å². The minimum absolute atomic E-state index is 0.0611. The minimum atomic E-state index is -2.93. The van der Waals surface area contributed by atoms with Crippen molar-refractivity contribution in [1.29, 1.82) is 0 Å². The Morgan fingerprint density at radius 3 is 2.86 bits per heavy atom. The van der Waals surface area contributed by atoms with E-state index in [0.717, 1.165) is 74.5 Å². The van der Waals surface area contributed by atoms with Crippen LogP contribution in [0.3, 0.4) is 0 Å². The minimum Gasteiger partial charge on any atom is -0.490 e. The highest BCUT2D eigenvalue weighted by molar-refractivity contribution is 7.99. The fourth-order valence-electron chi connectivity index (χ4n) is 7.79. The molecule has 2 fully saturated rings. The first-order valence-corrected chi connectivity index (χ1v) is 17.6. The molecule has 1 saturated carbocycles. The van der Waals surface area contributed by atoms with Gasteiger partial charge in [-0.1, -0.05) is 17.7 Å². The molecule has 2 aromatic carbocycles. The second-order valence-corrected chi connectivity index (χ2v) is 16.0. The van der Waals surface area contributed by atoms with Crippen LogP contribution in [0.15, 0.2) is 36.4 Å². The molecule has 42 heavy (non-hydrogen) atoms. The first-order valence-electron chi connectivity index (χ1n) is 15.4. The van der Waals surface area contributed by atoms with E-state index in [-0.39, 0.29) is 30.1 Å². The van der Waals surface area contributed by atoms with Gasteiger partial charge in [-0.3, -0.25) is 9.52 Å². The second-order valence-electron chi connectivity index (χ2n) is 13.1. The molecule has 1 N–H and O–H groups in total. The van der Waals surface area contributed by atoms with E-state index in [1.807, 2.05) is 25.1 Å². The van der Waals surface area contributed by atoms with Crippen LogP contribution in [0.5, 0.6) is 5.75 Å². The average molecular weight is 613 g/mol. The molecule has 0 radical (unpaired) electrons. The summed E-state index contributed by atoms with van der Waals surface area (Å²) in [6.45, 7) is 5.03. The molecule has 7 rings (SSSR count). The topological polar surface area (TPSA) is 77.1 Å². The lowest BCUT2D eigenvalue weighted by molar-refractivity contribution is -0.116. The molecule has 3 heterocycles. The first kappa shape index (κ1) is 28.5. The van der Waals surface area contributed by atoms with Crippen molar-refractivity contribution in [3.63, 3.8) is 0 Å². The molecule has 5 aliphatic rings. The molecule has 2 aromatic rings. The number of anilines is 1. The zero-order valence-electron chi connectivity index (χ0n) is 24.3. The molecule has 1 unspecified atom stereocenters. The number of fused-ring (bicyclic) bond motifs is 7. The van der Waals surface area contributed by atoms with Crippen LogP contribution in [0.1, 0.15) is 66.9 Å². The standard InChI is InChI=1S/C33H41ClN2O5S/c1-21-18-40-26-11-13-39-31(16-26)27-8-5-24(27)17-36-19-33(12-3-4-22-14-25(34)7-9-28(22)33)20-41-30-10-6-23(15-29(30)36)32(37)35-42(21,2)38/h6-7,9-10,14-15,21,24,26-27,31H,2-5,8,11-13,16-20H2,1H3,(H,35,37,38)/t21-,24+,26-,27-,31-,33+,42?/m1/s1. The Morgan fingerprint density at radius 2 is 2.02 bits per heavy atom. The Morgan fingerprint density at radius 1 is 1.14 bits per heavy atom. The maximum atomic E-state index is 13.5. The number of carbonyl (C=O) groups is 1. The molecule has 4 bridgehead atoms. The third-order valence-electron chi connectivity index (χ3n) is 10.5. The maximum Gasteiger partial charge on any atom is 0.262 e. The van der Waals surface area contributed by atoms with E-state index >= 15 is 0 Å². The number of aryl methyl sites for hydroxylation is 1. The predicted molar refractivity (Wildman–Crippen MR) is 167 cm³/mol. The smallest absolute Gasteiger partial charge is 0.262 e. The molecule has 226 valence electrons. The summed E-state index contributed by atoms with van der Waals surface area (Å²) in [5, 5.41) is 0.347. The summed E-state index contributed by atoms with van der Waals surface area (Å²) >= 11 is 6.42. The van der Waals surface area contributed by atoms with Crippen LogP contribution in [0.25, 0.3) is 0 Å². The van der Waals surface area contributed by atoms with Crippen LogP contribution in [0.4, 0.5) is 5.69 Å². The van der Waals surface area contributed by atoms with E-state index in [1.165, 1.54) is 11.1 Å². The van der Waals surface area contributed by atoms with Gasteiger partial charge in [0.1, 0.15) is 5.75 Å². The summed E-state index contributed by atoms with van der Waals surface area (Å²) in [7, 11) is -2.93. The van der Waals surface area contributed by atoms with Crippen LogP contribution in [0.2, 0.25) is 5.02 Å². The van der Waals surface area contributed by atoms with Crippen LogP contribution < -0.4 is 14.4 Å². The van der Waals surface area contributed by atoms with Crippen molar-refractivity contribution in [2.24, 2.45) is 11.8 Å². The molecule has 1 amide bonds. The van der Waals surface area contributed by atoms with Crippen LogP contribution in [-0.4, -0.2) is 66.4 Å². The number of rotatable bonds is 0. The highest BCUT2D eigenvalue weighted by atomic mass is 35.5. The van der Waals surface area contributed by atoms with Crippen LogP contribution in [0, 0.1) is 11.8 Å². The fourth-order valence-corrected chi connectivity index (χ4v) is 8.92. The Balaban J connectivity index is 1.29. The van der Waals surface area contributed by atoms with E-state index in [9.17, 15) is 9.00 Å². The molecule has 1 spiro atoms. The van der Waals surface area contributed by atoms with E-state index in [1.54, 1.807) is 6.07 Å². The summed E-state index contributed by atoms with van der Waals surface area (Å²) in [5.41, 5.74) is 3.82. The first-order chi connectivity index (χ1) is 20.2. The molecule has 3 aliphatic heterocycles. The number of halogens is 1. The lowest BCUT2D eigenvalue weighted by Gasteiger charge is -2.48. The van der Waals surface area contributed by atoms with Gasteiger partial charge in [0.2, 0.25) is 0 Å². The number of nitrogens with zero attached hydrogens (tertiary/aromatic N) is 1.